The van der Waals surface area contributed by atoms with Crippen molar-refractivity contribution in [3.8, 4) is 11.5 Å². The number of nitrogens with one attached hydrogen (secondary N) is 2. The van der Waals surface area contributed by atoms with Gasteiger partial charge in [-0.25, -0.2) is 8.42 Å². The van der Waals surface area contributed by atoms with E-state index in [-0.39, 0.29) is 17.4 Å². The number of amides is 1. The second kappa shape index (κ2) is 7.01. The Kier molecular flexibility index (Phi) is 5.01. The van der Waals surface area contributed by atoms with Crippen LogP contribution in [0.3, 0.4) is 0 Å². The largest absolute Gasteiger partial charge is 0.496 e. The smallest absolute Gasteiger partial charge is 0.261 e. The number of rotatable bonds is 4. The van der Waals surface area contributed by atoms with Gasteiger partial charge >= 0.3 is 0 Å². The van der Waals surface area contributed by atoms with Crippen molar-refractivity contribution in [1.29, 1.82) is 0 Å². The molecule has 3 rings (SSSR count). The molecule has 150 valence electrons. The van der Waals surface area contributed by atoms with Crippen molar-refractivity contribution in [2.24, 2.45) is 5.41 Å². The van der Waals surface area contributed by atoms with Crippen LogP contribution in [0.2, 0.25) is 0 Å². The highest BCUT2D eigenvalue weighted by molar-refractivity contribution is 7.92. The van der Waals surface area contributed by atoms with Crippen molar-refractivity contribution in [3.63, 3.8) is 0 Å². The fraction of sp³-hybridized carbons (Fsp3) is 0.350. The maximum absolute atomic E-state index is 12.8. The van der Waals surface area contributed by atoms with E-state index in [1.165, 1.54) is 0 Å². The summed E-state index contributed by atoms with van der Waals surface area (Å²) < 4.78 is 39.2. The molecule has 7 nitrogen and oxygen atoms in total. The minimum atomic E-state index is -3.81. The summed E-state index contributed by atoms with van der Waals surface area (Å²) in [5.41, 5.74) is 1.53. The normalized spacial score (nSPS) is 15.7. The summed E-state index contributed by atoms with van der Waals surface area (Å²) in [7, 11) is -2.26. The lowest BCUT2D eigenvalue weighted by Gasteiger charge is -2.18. The number of fused-ring (bicyclic) bond motifs is 1. The van der Waals surface area contributed by atoms with Crippen LogP contribution >= 0.6 is 0 Å². The number of anilines is 2. The van der Waals surface area contributed by atoms with Gasteiger partial charge in [0, 0.05) is 0 Å². The van der Waals surface area contributed by atoms with Crippen molar-refractivity contribution < 1.29 is 22.7 Å². The molecule has 0 fully saturated rings. The molecule has 0 bridgehead atoms. The highest BCUT2D eigenvalue weighted by Gasteiger charge is 2.32. The SMILES string of the molecule is COc1c(C)cc(S(=O)(=O)Nc2ccc3c(c2)NC(=O)C(C)(C)CO3)cc1C. The number of methoxy groups -OCH3 is 1. The van der Waals surface area contributed by atoms with Gasteiger partial charge in [0.05, 0.1) is 28.8 Å². The highest BCUT2D eigenvalue weighted by Crippen LogP contribution is 2.35. The van der Waals surface area contributed by atoms with E-state index in [4.69, 9.17) is 9.47 Å². The second-order valence-corrected chi connectivity index (χ2v) is 9.22. The average Bonchev–Trinajstić information content (AvgIpc) is 2.70. The Morgan fingerprint density at radius 3 is 2.39 bits per heavy atom. The second-order valence-electron chi connectivity index (χ2n) is 7.53. The first-order valence-corrected chi connectivity index (χ1v) is 10.3. The monoisotopic (exact) mass is 404 g/mol. The molecule has 0 spiro atoms. The summed E-state index contributed by atoms with van der Waals surface area (Å²) in [4.78, 5) is 12.4. The molecule has 2 N–H and O–H groups in total. The van der Waals surface area contributed by atoms with E-state index >= 15 is 0 Å². The lowest BCUT2D eigenvalue weighted by molar-refractivity contribution is -0.124. The molecule has 0 saturated carbocycles. The number of carbonyl (C=O) groups is 1. The third kappa shape index (κ3) is 3.77. The van der Waals surface area contributed by atoms with Crippen LogP contribution in [-0.2, 0) is 14.8 Å². The van der Waals surface area contributed by atoms with E-state index < -0.39 is 15.4 Å². The summed E-state index contributed by atoms with van der Waals surface area (Å²) >= 11 is 0. The fourth-order valence-electron chi connectivity index (χ4n) is 3.03. The van der Waals surface area contributed by atoms with E-state index in [9.17, 15) is 13.2 Å². The molecule has 0 aliphatic carbocycles. The van der Waals surface area contributed by atoms with E-state index in [1.807, 2.05) is 0 Å². The molecule has 0 atom stereocenters. The predicted octanol–water partition coefficient (Wildman–Crippen LogP) is 3.47. The van der Waals surface area contributed by atoms with Gasteiger partial charge < -0.3 is 14.8 Å². The van der Waals surface area contributed by atoms with Crippen molar-refractivity contribution >= 4 is 27.3 Å². The number of aryl methyl sites for hydroxylation is 2. The molecule has 1 aliphatic rings. The van der Waals surface area contributed by atoms with Crippen LogP contribution in [0.5, 0.6) is 11.5 Å². The van der Waals surface area contributed by atoms with Gasteiger partial charge in [0.15, 0.2) is 0 Å². The summed E-state index contributed by atoms with van der Waals surface area (Å²) in [5, 5.41) is 2.80. The van der Waals surface area contributed by atoms with E-state index in [2.05, 4.69) is 10.0 Å². The van der Waals surface area contributed by atoms with Crippen molar-refractivity contribution in [2.75, 3.05) is 23.8 Å². The minimum Gasteiger partial charge on any atom is -0.496 e. The lowest BCUT2D eigenvalue weighted by Crippen LogP contribution is -2.33. The first-order chi connectivity index (χ1) is 13.0. The summed E-state index contributed by atoms with van der Waals surface area (Å²) in [6.07, 6.45) is 0. The first-order valence-electron chi connectivity index (χ1n) is 8.80. The number of carbonyl (C=O) groups excluding carboxylic acids is 1. The van der Waals surface area contributed by atoms with Gasteiger partial charge in [-0.2, -0.15) is 0 Å². The lowest BCUT2D eigenvalue weighted by atomic mass is 9.94. The molecule has 0 aromatic heterocycles. The van der Waals surface area contributed by atoms with Gasteiger partial charge in [0.25, 0.3) is 10.0 Å². The Balaban J connectivity index is 1.91. The van der Waals surface area contributed by atoms with Crippen LogP contribution in [0.4, 0.5) is 11.4 Å². The zero-order valence-corrected chi connectivity index (χ0v) is 17.4. The zero-order valence-electron chi connectivity index (χ0n) is 16.5. The van der Waals surface area contributed by atoms with Crippen LogP contribution in [0.25, 0.3) is 0 Å². The summed E-state index contributed by atoms with van der Waals surface area (Å²) in [6.45, 7) is 7.39. The Hall–Kier alpha value is -2.74. The van der Waals surface area contributed by atoms with Crippen LogP contribution in [0.1, 0.15) is 25.0 Å². The summed E-state index contributed by atoms with van der Waals surface area (Å²) in [6, 6.07) is 7.91. The van der Waals surface area contributed by atoms with E-state index in [0.29, 0.717) is 22.9 Å². The topological polar surface area (TPSA) is 93.7 Å². The molecular weight excluding hydrogens is 380 g/mol. The van der Waals surface area contributed by atoms with Crippen molar-refractivity contribution in [3.05, 3.63) is 41.5 Å². The number of ether oxygens (including phenoxy) is 2. The standard InChI is InChI=1S/C20H24N2O5S/c1-12-8-15(9-13(2)18(12)26-5)28(24,25)22-14-6-7-17-16(10-14)21-19(23)20(3,4)11-27-17/h6-10,22H,11H2,1-5H3,(H,21,23). The molecule has 1 aliphatic heterocycles. The molecule has 28 heavy (non-hydrogen) atoms. The molecule has 0 unspecified atom stereocenters. The van der Waals surface area contributed by atoms with Gasteiger partial charge in [-0.15, -0.1) is 0 Å². The van der Waals surface area contributed by atoms with Crippen LogP contribution < -0.4 is 19.5 Å². The molecule has 2 aromatic rings. The predicted molar refractivity (Wildman–Crippen MR) is 108 cm³/mol. The number of hydrogen-bond acceptors (Lipinski definition) is 5. The number of hydrogen-bond donors (Lipinski definition) is 2. The Labute approximate surface area is 165 Å². The maximum Gasteiger partial charge on any atom is 0.261 e. The molecule has 1 amide bonds. The van der Waals surface area contributed by atoms with Gasteiger partial charge in [-0.3, -0.25) is 9.52 Å². The maximum atomic E-state index is 12.8. The quantitative estimate of drug-likeness (QED) is 0.814. The third-order valence-electron chi connectivity index (χ3n) is 4.63. The van der Waals surface area contributed by atoms with E-state index in [0.717, 1.165) is 11.1 Å². The van der Waals surface area contributed by atoms with Crippen molar-refractivity contribution in [2.45, 2.75) is 32.6 Å². The molecule has 1 heterocycles. The Bertz CT molecular complexity index is 1020. The fourth-order valence-corrected chi connectivity index (χ4v) is 4.25. The van der Waals surface area contributed by atoms with Crippen LogP contribution in [0, 0.1) is 19.3 Å². The minimum absolute atomic E-state index is 0.139. The van der Waals surface area contributed by atoms with E-state index in [1.54, 1.807) is 65.1 Å². The third-order valence-corrected chi connectivity index (χ3v) is 5.99. The van der Waals surface area contributed by atoms with Gasteiger partial charge in [0.1, 0.15) is 18.1 Å². The first kappa shape index (κ1) is 20.0. The Morgan fingerprint density at radius 1 is 1.14 bits per heavy atom. The molecular formula is C20H24N2O5S. The van der Waals surface area contributed by atoms with Gasteiger partial charge in [-0.05, 0) is 69.2 Å². The average molecular weight is 404 g/mol. The molecule has 8 heteroatoms. The Morgan fingerprint density at radius 2 is 1.79 bits per heavy atom. The molecule has 0 saturated heterocycles. The molecule has 0 radical (unpaired) electrons. The summed E-state index contributed by atoms with van der Waals surface area (Å²) in [5.74, 6) is 0.970. The molecule has 2 aromatic carbocycles. The van der Waals surface area contributed by atoms with Gasteiger partial charge in [0.2, 0.25) is 5.91 Å². The highest BCUT2D eigenvalue weighted by atomic mass is 32.2. The van der Waals surface area contributed by atoms with Crippen LogP contribution in [-0.4, -0.2) is 28.0 Å². The number of sulfonamides is 1. The van der Waals surface area contributed by atoms with Gasteiger partial charge in [-0.1, -0.05) is 0 Å². The van der Waals surface area contributed by atoms with Crippen molar-refractivity contribution in [1.82, 2.24) is 0 Å². The zero-order chi connectivity index (χ0) is 20.7. The van der Waals surface area contributed by atoms with Crippen LogP contribution in [0.15, 0.2) is 35.2 Å². The number of benzene rings is 2.